The van der Waals surface area contributed by atoms with E-state index in [9.17, 15) is 14.4 Å². The molecule has 1 heterocycles. The van der Waals surface area contributed by atoms with E-state index in [1.807, 2.05) is 0 Å². The van der Waals surface area contributed by atoms with Crippen molar-refractivity contribution in [3.63, 3.8) is 0 Å². The maximum Gasteiger partial charge on any atom is 0.355 e. The Morgan fingerprint density at radius 3 is 2.25 bits per heavy atom. The van der Waals surface area contributed by atoms with E-state index in [-0.39, 0.29) is 30.0 Å². The molecule has 0 atom stereocenters. The number of aryl methyl sites for hydroxylation is 1. The number of ether oxygens (including phenoxy) is 1. The zero-order valence-corrected chi connectivity index (χ0v) is 18.0. The van der Waals surface area contributed by atoms with Crippen LogP contribution in [0.15, 0.2) is 0 Å². The minimum Gasteiger partial charge on any atom is -0.451 e. The Labute approximate surface area is 167 Å². The van der Waals surface area contributed by atoms with E-state index in [0.29, 0.717) is 28.2 Å². The van der Waals surface area contributed by atoms with Gasteiger partial charge in [-0.3, -0.25) is 9.59 Å². The van der Waals surface area contributed by atoms with Crippen LogP contribution in [0.3, 0.4) is 0 Å². The van der Waals surface area contributed by atoms with Gasteiger partial charge in [-0.2, -0.15) is 0 Å². The summed E-state index contributed by atoms with van der Waals surface area (Å²) in [5, 5.41) is 2.98. The van der Waals surface area contributed by atoms with E-state index in [1.54, 1.807) is 13.8 Å². The number of ketones is 1. The zero-order chi connectivity index (χ0) is 21.1. The van der Waals surface area contributed by atoms with Crippen molar-refractivity contribution >= 4 is 17.7 Å². The summed E-state index contributed by atoms with van der Waals surface area (Å²) in [6, 6.07) is 0.147. The van der Waals surface area contributed by atoms with Crippen LogP contribution in [0.25, 0.3) is 0 Å². The SMILES string of the molecule is CCC(C)(C)C1CCC(NC(=O)COC(=O)c2[nH]c(C)c(C(C)=O)c2C)CC1. The fraction of sp³-hybridized carbons (Fsp3) is 0.682. The Morgan fingerprint density at radius 1 is 1.14 bits per heavy atom. The summed E-state index contributed by atoms with van der Waals surface area (Å²) in [7, 11) is 0. The molecule has 0 aromatic carbocycles. The van der Waals surface area contributed by atoms with Crippen molar-refractivity contribution in [1.29, 1.82) is 0 Å². The van der Waals surface area contributed by atoms with Crippen LogP contribution < -0.4 is 5.32 Å². The minimum absolute atomic E-state index is 0.107. The molecule has 28 heavy (non-hydrogen) atoms. The van der Waals surface area contributed by atoms with Gasteiger partial charge in [0.2, 0.25) is 0 Å². The number of aromatic amines is 1. The summed E-state index contributed by atoms with van der Waals surface area (Å²) in [4.78, 5) is 39.1. The van der Waals surface area contributed by atoms with E-state index >= 15 is 0 Å². The molecule has 156 valence electrons. The summed E-state index contributed by atoms with van der Waals surface area (Å²) >= 11 is 0. The van der Waals surface area contributed by atoms with Crippen LogP contribution in [-0.2, 0) is 9.53 Å². The predicted octanol–water partition coefficient (Wildman–Crippen LogP) is 4.10. The molecule has 0 spiro atoms. The molecule has 1 aliphatic rings. The van der Waals surface area contributed by atoms with Crippen LogP contribution in [0.1, 0.15) is 91.9 Å². The van der Waals surface area contributed by atoms with Crippen LogP contribution >= 0.6 is 0 Å². The van der Waals surface area contributed by atoms with Crippen LogP contribution in [-0.4, -0.2) is 35.3 Å². The molecule has 1 aromatic heterocycles. The van der Waals surface area contributed by atoms with Gasteiger partial charge in [0.05, 0.1) is 0 Å². The van der Waals surface area contributed by atoms with Crippen LogP contribution in [0.4, 0.5) is 0 Å². The van der Waals surface area contributed by atoms with Crippen molar-refractivity contribution in [3.8, 4) is 0 Å². The molecule has 0 radical (unpaired) electrons. The molecule has 2 rings (SSSR count). The minimum atomic E-state index is -0.614. The molecule has 1 saturated carbocycles. The van der Waals surface area contributed by atoms with Crippen molar-refractivity contribution < 1.29 is 19.1 Å². The Balaban J connectivity index is 1.83. The second-order valence-corrected chi connectivity index (χ2v) is 8.72. The lowest BCUT2D eigenvalue weighted by molar-refractivity contribution is -0.125. The molecule has 0 bridgehead atoms. The van der Waals surface area contributed by atoms with Crippen LogP contribution in [0, 0.1) is 25.2 Å². The first kappa shape index (κ1) is 22.2. The monoisotopic (exact) mass is 390 g/mol. The Bertz CT molecular complexity index is 740. The van der Waals surface area contributed by atoms with Gasteiger partial charge < -0.3 is 15.0 Å². The number of amides is 1. The Morgan fingerprint density at radius 2 is 1.75 bits per heavy atom. The molecule has 6 heteroatoms. The van der Waals surface area contributed by atoms with Gasteiger partial charge in [0, 0.05) is 17.3 Å². The first-order valence-electron chi connectivity index (χ1n) is 10.2. The number of carbonyl (C=O) groups excluding carboxylic acids is 3. The fourth-order valence-electron chi connectivity index (χ4n) is 4.26. The van der Waals surface area contributed by atoms with Crippen LogP contribution in [0.5, 0.6) is 0 Å². The second-order valence-electron chi connectivity index (χ2n) is 8.72. The van der Waals surface area contributed by atoms with Crippen molar-refractivity contribution in [2.45, 2.75) is 79.7 Å². The summed E-state index contributed by atoms with van der Waals surface area (Å²) < 4.78 is 5.16. The van der Waals surface area contributed by atoms with Gasteiger partial charge in [-0.1, -0.05) is 27.2 Å². The lowest BCUT2D eigenvalue weighted by atomic mass is 9.69. The molecule has 0 unspecified atom stereocenters. The van der Waals surface area contributed by atoms with Gasteiger partial charge in [0.1, 0.15) is 5.69 Å². The summed E-state index contributed by atoms with van der Waals surface area (Å²) in [6.45, 7) is 11.5. The van der Waals surface area contributed by atoms with Crippen LogP contribution in [0.2, 0.25) is 0 Å². The third kappa shape index (κ3) is 5.03. The quantitative estimate of drug-likeness (QED) is 0.542. The molecule has 1 fully saturated rings. The molecule has 0 aliphatic heterocycles. The highest BCUT2D eigenvalue weighted by Crippen LogP contribution is 2.40. The summed E-state index contributed by atoms with van der Waals surface area (Å²) in [5.74, 6) is -0.307. The standard InChI is InChI=1S/C22H34N2O4/c1-7-22(5,6)16-8-10-17(11-9-16)24-18(26)12-28-21(27)20-13(2)19(15(4)25)14(3)23-20/h16-17,23H,7-12H2,1-6H3,(H,24,26). The topological polar surface area (TPSA) is 88.3 Å². The number of hydrogen-bond acceptors (Lipinski definition) is 4. The van der Waals surface area contributed by atoms with Gasteiger partial charge >= 0.3 is 5.97 Å². The molecular formula is C22H34N2O4. The van der Waals surface area contributed by atoms with Crippen molar-refractivity contribution in [2.24, 2.45) is 11.3 Å². The zero-order valence-electron chi connectivity index (χ0n) is 18.0. The lowest BCUT2D eigenvalue weighted by Gasteiger charge is -2.39. The van der Waals surface area contributed by atoms with Gasteiger partial charge in [0.15, 0.2) is 12.4 Å². The predicted molar refractivity (Wildman–Crippen MR) is 109 cm³/mol. The highest BCUT2D eigenvalue weighted by molar-refractivity contribution is 6.01. The maximum atomic E-state index is 12.3. The molecule has 1 aliphatic carbocycles. The number of rotatable bonds is 7. The van der Waals surface area contributed by atoms with Crippen molar-refractivity contribution in [2.75, 3.05) is 6.61 Å². The number of carbonyl (C=O) groups is 3. The van der Waals surface area contributed by atoms with Crippen molar-refractivity contribution in [1.82, 2.24) is 10.3 Å². The Kier molecular flexibility index (Phi) is 7.07. The maximum absolute atomic E-state index is 12.3. The lowest BCUT2D eigenvalue weighted by Crippen LogP contribution is -2.41. The molecule has 6 nitrogen and oxygen atoms in total. The number of esters is 1. The van der Waals surface area contributed by atoms with E-state index < -0.39 is 5.97 Å². The molecular weight excluding hydrogens is 356 g/mol. The van der Waals surface area contributed by atoms with E-state index in [1.165, 1.54) is 6.92 Å². The molecule has 0 saturated heterocycles. The van der Waals surface area contributed by atoms with Gasteiger partial charge in [-0.25, -0.2) is 4.79 Å². The van der Waals surface area contributed by atoms with Gasteiger partial charge in [-0.05, 0) is 63.4 Å². The highest BCUT2D eigenvalue weighted by Gasteiger charge is 2.32. The Hall–Kier alpha value is -2.11. The summed E-state index contributed by atoms with van der Waals surface area (Å²) in [6.07, 6.45) is 5.31. The average Bonchev–Trinajstić information content (AvgIpc) is 2.94. The first-order chi connectivity index (χ1) is 13.1. The molecule has 2 N–H and O–H groups in total. The smallest absolute Gasteiger partial charge is 0.355 e. The van der Waals surface area contributed by atoms with Crippen molar-refractivity contribution in [3.05, 3.63) is 22.5 Å². The normalized spacial score (nSPS) is 19.9. The fourth-order valence-corrected chi connectivity index (χ4v) is 4.26. The molecule has 1 amide bonds. The first-order valence-corrected chi connectivity index (χ1v) is 10.2. The number of hydrogen-bond donors (Lipinski definition) is 2. The average molecular weight is 391 g/mol. The second kappa shape index (κ2) is 8.93. The number of nitrogens with one attached hydrogen (secondary N) is 2. The van der Waals surface area contributed by atoms with Gasteiger partial charge in [-0.15, -0.1) is 0 Å². The number of H-pyrrole nitrogens is 1. The van der Waals surface area contributed by atoms with E-state index in [0.717, 1.165) is 32.1 Å². The van der Waals surface area contributed by atoms with E-state index in [4.69, 9.17) is 4.74 Å². The van der Waals surface area contributed by atoms with Gasteiger partial charge in [0.25, 0.3) is 5.91 Å². The summed E-state index contributed by atoms with van der Waals surface area (Å²) in [5.41, 5.74) is 2.27. The molecule has 1 aromatic rings. The third-order valence-electron chi connectivity index (χ3n) is 6.44. The van der Waals surface area contributed by atoms with E-state index in [2.05, 4.69) is 31.1 Å². The number of aromatic nitrogens is 1. The highest BCUT2D eigenvalue weighted by atomic mass is 16.5. The largest absolute Gasteiger partial charge is 0.451 e. The number of Topliss-reactive ketones (excluding diaryl/α,β-unsaturated/α-hetero) is 1. The third-order valence-corrected chi connectivity index (χ3v) is 6.44.